The molecule has 0 saturated carbocycles. The Kier molecular flexibility index (Phi) is 3.71. The molecule has 108 valence electrons. The van der Waals surface area contributed by atoms with Gasteiger partial charge in [0.05, 0.1) is 26.6 Å². The van der Waals surface area contributed by atoms with Gasteiger partial charge in [0.25, 0.3) is 0 Å². The second-order valence-corrected chi connectivity index (χ2v) is 6.14. The fourth-order valence-electron chi connectivity index (χ4n) is 2.24. The minimum absolute atomic E-state index is 0.296. The third-order valence-electron chi connectivity index (χ3n) is 3.17. The Morgan fingerprint density at radius 3 is 2.57 bits per heavy atom. The van der Waals surface area contributed by atoms with E-state index in [1.54, 1.807) is 35.8 Å². The van der Waals surface area contributed by atoms with Crippen LogP contribution in [0, 0.1) is 11.6 Å². The molecule has 0 amide bonds. The number of nitrogens with zero attached hydrogens (tertiary/aromatic N) is 2. The van der Waals surface area contributed by atoms with Gasteiger partial charge >= 0.3 is 0 Å². The van der Waals surface area contributed by atoms with Crippen LogP contribution in [0.2, 0.25) is 0 Å². The van der Waals surface area contributed by atoms with Crippen LogP contribution in [0.3, 0.4) is 0 Å². The lowest BCUT2D eigenvalue weighted by molar-refractivity contribution is 0.614. The molecule has 1 aromatic heterocycles. The van der Waals surface area contributed by atoms with Gasteiger partial charge < -0.3 is 0 Å². The van der Waals surface area contributed by atoms with Crippen LogP contribution in [0.15, 0.2) is 40.9 Å². The highest BCUT2D eigenvalue weighted by Gasteiger charge is 2.19. The SMILES string of the molecule is CC(Cl)c1nc2cc(Br)c(F)cc2n1-c1ccccc1F. The zero-order valence-electron chi connectivity index (χ0n) is 10.9. The zero-order valence-corrected chi connectivity index (χ0v) is 13.3. The molecule has 1 unspecified atom stereocenters. The van der Waals surface area contributed by atoms with Gasteiger partial charge in [-0.3, -0.25) is 4.57 Å². The van der Waals surface area contributed by atoms with Crippen LogP contribution in [0.5, 0.6) is 0 Å². The minimum atomic E-state index is -0.446. The second kappa shape index (κ2) is 5.39. The quantitative estimate of drug-likeness (QED) is 0.554. The molecule has 0 aliphatic carbocycles. The van der Waals surface area contributed by atoms with Gasteiger partial charge in [-0.2, -0.15) is 0 Å². The highest BCUT2D eigenvalue weighted by Crippen LogP contribution is 2.31. The van der Waals surface area contributed by atoms with E-state index in [1.165, 1.54) is 12.1 Å². The van der Waals surface area contributed by atoms with E-state index in [9.17, 15) is 8.78 Å². The van der Waals surface area contributed by atoms with Crippen molar-refractivity contribution in [3.8, 4) is 5.69 Å². The van der Waals surface area contributed by atoms with E-state index in [0.29, 0.717) is 27.0 Å². The van der Waals surface area contributed by atoms with Crippen molar-refractivity contribution in [2.45, 2.75) is 12.3 Å². The molecule has 21 heavy (non-hydrogen) atoms. The highest BCUT2D eigenvalue weighted by molar-refractivity contribution is 9.10. The molecule has 1 atom stereocenters. The average Bonchev–Trinajstić information content (AvgIpc) is 2.78. The molecule has 0 saturated heterocycles. The largest absolute Gasteiger partial charge is 0.292 e. The summed E-state index contributed by atoms with van der Waals surface area (Å²) in [6, 6.07) is 9.14. The Hall–Kier alpha value is -1.46. The summed E-state index contributed by atoms with van der Waals surface area (Å²) in [4.78, 5) is 4.40. The van der Waals surface area contributed by atoms with Crippen molar-refractivity contribution in [3.05, 3.63) is 58.3 Å². The van der Waals surface area contributed by atoms with Crippen molar-refractivity contribution in [1.29, 1.82) is 0 Å². The normalized spacial score (nSPS) is 12.8. The van der Waals surface area contributed by atoms with Crippen LogP contribution in [-0.4, -0.2) is 9.55 Å². The predicted molar refractivity (Wildman–Crippen MR) is 83.0 cm³/mol. The van der Waals surface area contributed by atoms with E-state index >= 15 is 0 Å². The highest BCUT2D eigenvalue weighted by atomic mass is 79.9. The van der Waals surface area contributed by atoms with Crippen LogP contribution in [-0.2, 0) is 0 Å². The maximum atomic E-state index is 14.1. The van der Waals surface area contributed by atoms with E-state index in [1.807, 2.05) is 0 Å². The molecule has 0 aliphatic heterocycles. The maximum absolute atomic E-state index is 14.1. The Balaban J connectivity index is 2.41. The molecule has 6 heteroatoms. The summed E-state index contributed by atoms with van der Waals surface area (Å²) in [5, 5.41) is -0.446. The van der Waals surface area contributed by atoms with Crippen molar-refractivity contribution in [1.82, 2.24) is 9.55 Å². The van der Waals surface area contributed by atoms with Gasteiger partial charge in [0.1, 0.15) is 17.5 Å². The smallest absolute Gasteiger partial charge is 0.147 e. The van der Waals surface area contributed by atoms with Crippen molar-refractivity contribution in [2.75, 3.05) is 0 Å². The summed E-state index contributed by atoms with van der Waals surface area (Å²) in [7, 11) is 0. The summed E-state index contributed by atoms with van der Waals surface area (Å²) in [6.45, 7) is 1.74. The summed E-state index contributed by atoms with van der Waals surface area (Å²) >= 11 is 9.28. The Morgan fingerprint density at radius 2 is 1.90 bits per heavy atom. The van der Waals surface area contributed by atoms with Crippen molar-refractivity contribution >= 4 is 38.6 Å². The first-order valence-electron chi connectivity index (χ1n) is 6.25. The first-order chi connectivity index (χ1) is 9.99. The van der Waals surface area contributed by atoms with Crippen molar-refractivity contribution in [2.24, 2.45) is 0 Å². The van der Waals surface area contributed by atoms with Gasteiger partial charge in [0, 0.05) is 6.07 Å². The van der Waals surface area contributed by atoms with Crippen LogP contribution < -0.4 is 0 Å². The van der Waals surface area contributed by atoms with E-state index < -0.39 is 17.0 Å². The lowest BCUT2D eigenvalue weighted by Gasteiger charge is -2.11. The monoisotopic (exact) mass is 370 g/mol. The Morgan fingerprint density at radius 1 is 1.19 bits per heavy atom. The summed E-state index contributed by atoms with van der Waals surface area (Å²) in [5.74, 6) is -0.387. The first kappa shape index (κ1) is 14.5. The molecule has 2 nitrogen and oxygen atoms in total. The molecule has 2 aromatic carbocycles. The molecule has 0 N–H and O–H groups in total. The standard InChI is InChI=1S/C15H10BrClF2N2/c1-8(17)15-20-12-6-9(16)11(19)7-14(12)21(15)13-5-3-2-4-10(13)18/h2-8H,1H3. The van der Waals surface area contributed by atoms with Crippen LogP contribution >= 0.6 is 27.5 Å². The maximum Gasteiger partial charge on any atom is 0.147 e. The number of aromatic nitrogens is 2. The number of imidazole rings is 1. The van der Waals surface area contributed by atoms with Crippen LogP contribution in [0.4, 0.5) is 8.78 Å². The molecule has 1 heterocycles. The van der Waals surface area contributed by atoms with E-state index in [0.717, 1.165) is 0 Å². The first-order valence-corrected chi connectivity index (χ1v) is 7.48. The molecular weight excluding hydrogens is 362 g/mol. The minimum Gasteiger partial charge on any atom is -0.292 e. The van der Waals surface area contributed by atoms with E-state index in [4.69, 9.17) is 11.6 Å². The van der Waals surface area contributed by atoms with E-state index in [2.05, 4.69) is 20.9 Å². The van der Waals surface area contributed by atoms with Crippen LogP contribution in [0.1, 0.15) is 18.1 Å². The number of benzene rings is 2. The lowest BCUT2D eigenvalue weighted by Crippen LogP contribution is -2.04. The van der Waals surface area contributed by atoms with Gasteiger partial charge in [-0.15, -0.1) is 11.6 Å². The van der Waals surface area contributed by atoms with Crippen molar-refractivity contribution < 1.29 is 8.78 Å². The molecular formula is C15H10BrClF2N2. The fraction of sp³-hybridized carbons (Fsp3) is 0.133. The number of fused-ring (bicyclic) bond motifs is 1. The molecule has 0 fully saturated rings. The summed E-state index contributed by atoms with van der Waals surface area (Å²) in [6.07, 6.45) is 0. The van der Waals surface area contributed by atoms with Gasteiger partial charge in [-0.25, -0.2) is 13.8 Å². The molecule has 0 radical (unpaired) electrons. The van der Waals surface area contributed by atoms with Crippen LogP contribution in [0.25, 0.3) is 16.7 Å². The predicted octanol–water partition coefficient (Wildman–Crippen LogP) is 5.37. The van der Waals surface area contributed by atoms with Gasteiger partial charge in [-0.1, -0.05) is 12.1 Å². The molecule has 3 rings (SSSR count). The zero-order chi connectivity index (χ0) is 15.1. The summed E-state index contributed by atoms with van der Waals surface area (Å²) < 4.78 is 29.8. The number of alkyl halides is 1. The fourth-order valence-corrected chi connectivity index (χ4v) is 2.72. The number of hydrogen-bond donors (Lipinski definition) is 0. The lowest BCUT2D eigenvalue weighted by atomic mass is 10.2. The Labute approximate surface area is 133 Å². The molecule has 0 aliphatic rings. The third kappa shape index (κ3) is 2.45. The van der Waals surface area contributed by atoms with Gasteiger partial charge in [0.15, 0.2) is 0 Å². The second-order valence-electron chi connectivity index (χ2n) is 4.63. The number of rotatable bonds is 2. The molecule has 3 aromatic rings. The third-order valence-corrected chi connectivity index (χ3v) is 3.97. The van der Waals surface area contributed by atoms with Crippen molar-refractivity contribution in [3.63, 3.8) is 0 Å². The molecule has 0 spiro atoms. The number of para-hydroxylation sites is 1. The van der Waals surface area contributed by atoms with E-state index in [-0.39, 0.29) is 0 Å². The Bertz CT molecular complexity index is 830. The number of hydrogen-bond acceptors (Lipinski definition) is 1. The average molecular weight is 372 g/mol. The molecule has 0 bridgehead atoms. The topological polar surface area (TPSA) is 17.8 Å². The van der Waals surface area contributed by atoms with Gasteiger partial charge in [0.2, 0.25) is 0 Å². The van der Waals surface area contributed by atoms with Gasteiger partial charge in [-0.05, 0) is 41.1 Å². The summed E-state index contributed by atoms with van der Waals surface area (Å²) in [5.41, 5.74) is 1.32. The number of halogens is 4.